The zero-order valence-corrected chi connectivity index (χ0v) is 13.8. The van der Waals surface area contributed by atoms with E-state index >= 15 is 0 Å². The lowest BCUT2D eigenvalue weighted by atomic mass is 9.81. The molecule has 1 aromatic heterocycles. The first-order chi connectivity index (χ1) is 10.6. The van der Waals surface area contributed by atoms with Crippen LogP contribution < -0.4 is 5.32 Å². The molecule has 1 saturated heterocycles. The smallest absolute Gasteiger partial charge is 0.223 e. The lowest BCUT2D eigenvalue weighted by Crippen LogP contribution is -2.49. The van der Waals surface area contributed by atoms with Crippen molar-refractivity contribution >= 4 is 5.91 Å². The summed E-state index contributed by atoms with van der Waals surface area (Å²) in [5, 5.41) is 3.40. The molecule has 0 bridgehead atoms. The number of carbonyl (C=O) groups excluding carboxylic acids is 1. The molecule has 0 spiro atoms. The van der Waals surface area contributed by atoms with Crippen LogP contribution in [-0.4, -0.2) is 40.0 Å². The lowest BCUT2D eigenvalue weighted by Gasteiger charge is -2.37. The van der Waals surface area contributed by atoms with Crippen LogP contribution in [0.15, 0.2) is 12.4 Å². The maximum absolute atomic E-state index is 12.8. The molecular weight excluding hydrogens is 276 g/mol. The van der Waals surface area contributed by atoms with Crippen molar-refractivity contribution in [2.45, 2.75) is 45.1 Å². The van der Waals surface area contributed by atoms with Gasteiger partial charge in [0, 0.05) is 45.5 Å². The number of aromatic nitrogens is 2. The molecule has 3 rings (SSSR count). The zero-order chi connectivity index (χ0) is 15.5. The molecule has 2 aliphatic rings. The van der Waals surface area contributed by atoms with Crippen LogP contribution in [0.4, 0.5) is 0 Å². The Labute approximate surface area is 133 Å². The van der Waals surface area contributed by atoms with Crippen LogP contribution in [0.1, 0.15) is 50.9 Å². The second kappa shape index (κ2) is 6.82. The van der Waals surface area contributed by atoms with Gasteiger partial charge < -0.3 is 14.8 Å². The van der Waals surface area contributed by atoms with Gasteiger partial charge in [-0.2, -0.15) is 0 Å². The molecule has 5 nitrogen and oxygen atoms in total. The van der Waals surface area contributed by atoms with Crippen LogP contribution in [0.3, 0.4) is 0 Å². The molecule has 0 radical (unpaired) electrons. The van der Waals surface area contributed by atoms with Crippen LogP contribution in [0.25, 0.3) is 0 Å². The van der Waals surface area contributed by atoms with E-state index in [0.717, 1.165) is 31.4 Å². The summed E-state index contributed by atoms with van der Waals surface area (Å²) in [6, 6.07) is 0.0729. The van der Waals surface area contributed by atoms with Gasteiger partial charge in [-0.3, -0.25) is 4.79 Å². The number of imidazole rings is 1. The van der Waals surface area contributed by atoms with Crippen LogP contribution in [0, 0.1) is 11.8 Å². The van der Waals surface area contributed by atoms with Gasteiger partial charge >= 0.3 is 0 Å². The molecule has 2 heterocycles. The summed E-state index contributed by atoms with van der Waals surface area (Å²) in [5.41, 5.74) is 0. The summed E-state index contributed by atoms with van der Waals surface area (Å²) in [5.74, 6) is 2.72. The van der Waals surface area contributed by atoms with E-state index < -0.39 is 0 Å². The number of nitrogens with zero attached hydrogens (tertiary/aromatic N) is 3. The maximum Gasteiger partial charge on any atom is 0.223 e. The van der Waals surface area contributed by atoms with Crippen molar-refractivity contribution in [1.82, 2.24) is 19.8 Å². The molecule has 1 atom stereocenters. The Morgan fingerprint density at radius 2 is 2.14 bits per heavy atom. The predicted octanol–water partition coefficient (Wildman–Crippen LogP) is 2.11. The first-order valence-electron chi connectivity index (χ1n) is 8.62. The second-order valence-electron chi connectivity index (χ2n) is 7.03. The average molecular weight is 304 g/mol. The highest BCUT2D eigenvalue weighted by molar-refractivity contribution is 5.77. The molecule has 1 N–H and O–H groups in total. The summed E-state index contributed by atoms with van der Waals surface area (Å²) in [4.78, 5) is 19.3. The lowest BCUT2D eigenvalue weighted by molar-refractivity contribution is -0.136. The summed E-state index contributed by atoms with van der Waals surface area (Å²) in [7, 11) is 2.00. The number of rotatable bonds is 3. The average Bonchev–Trinajstić information content (AvgIpc) is 2.95. The molecule has 1 unspecified atom stereocenters. The van der Waals surface area contributed by atoms with Crippen molar-refractivity contribution in [3.8, 4) is 0 Å². The highest BCUT2D eigenvalue weighted by Gasteiger charge is 2.32. The van der Waals surface area contributed by atoms with Crippen LogP contribution in [0.2, 0.25) is 0 Å². The van der Waals surface area contributed by atoms with Gasteiger partial charge in [-0.25, -0.2) is 4.98 Å². The minimum atomic E-state index is 0.0729. The van der Waals surface area contributed by atoms with Gasteiger partial charge in [-0.1, -0.05) is 19.8 Å². The Kier molecular flexibility index (Phi) is 4.81. The fourth-order valence-corrected chi connectivity index (χ4v) is 3.83. The fourth-order valence-electron chi connectivity index (χ4n) is 3.83. The third-order valence-electron chi connectivity index (χ3n) is 5.32. The second-order valence-corrected chi connectivity index (χ2v) is 7.03. The highest BCUT2D eigenvalue weighted by Crippen LogP contribution is 2.32. The van der Waals surface area contributed by atoms with Crippen molar-refractivity contribution in [3.63, 3.8) is 0 Å². The van der Waals surface area contributed by atoms with Gasteiger partial charge in [0.15, 0.2) is 0 Å². The van der Waals surface area contributed by atoms with E-state index in [9.17, 15) is 4.79 Å². The first-order valence-corrected chi connectivity index (χ1v) is 8.62. The van der Waals surface area contributed by atoms with E-state index in [1.807, 2.05) is 24.0 Å². The Morgan fingerprint density at radius 1 is 1.36 bits per heavy atom. The van der Waals surface area contributed by atoms with E-state index in [2.05, 4.69) is 22.1 Å². The normalized spacial score (nSPS) is 29.5. The molecule has 2 fully saturated rings. The largest absolute Gasteiger partial charge is 0.336 e. The number of hydrogen-bond donors (Lipinski definition) is 1. The summed E-state index contributed by atoms with van der Waals surface area (Å²) in [6.45, 7) is 4.80. The summed E-state index contributed by atoms with van der Waals surface area (Å²) < 4.78 is 2.03. The number of nitrogens with one attached hydrogen (secondary N) is 1. The highest BCUT2D eigenvalue weighted by atomic mass is 16.2. The third kappa shape index (κ3) is 3.35. The third-order valence-corrected chi connectivity index (χ3v) is 5.32. The summed E-state index contributed by atoms with van der Waals surface area (Å²) >= 11 is 0. The molecule has 0 aromatic carbocycles. The molecule has 5 heteroatoms. The van der Waals surface area contributed by atoms with Crippen LogP contribution in [0.5, 0.6) is 0 Å². The van der Waals surface area contributed by atoms with Crippen molar-refractivity contribution in [1.29, 1.82) is 0 Å². The van der Waals surface area contributed by atoms with Crippen molar-refractivity contribution in [3.05, 3.63) is 18.2 Å². The number of piperazine rings is 1. The Hall–Kier alpha value is -1.36. The van der Waals surface area contributed by atoms with Crippen LogP contribution in [-0.2, 0) is 11.8 Å². The van der Waals surface area contributed by atoms with Gasteiger partial charge in [0.25, 0.3) is 0 Å². The fraction of sp³-hybridized carbons (Fsp3) is 0.765. The molecule has 1 amide bonds. The molecule has 1 aliphatic heterocycles. The number of amides is 1. The van der Waals surface area contributed by atoms with E-state index in [0.29, 0.717) is 18.2 Å². The molecule has 22 heavy (non-hydrogen) atoms. The predicted molar refractivity (Wildman–Crippen MR) is 86.3 cm³/mol. The van der Waals surface area contributed by atoms with Crippen molar-refractivity contribution < 1.29 is 4.79 Å². The molecule has 1 aromatic rings. The number of aryl methyl sites for hydroxylation is 1. The Morgan fingerprint density at radius 3 is 2.82 bits per heavy atom. The molecule has 1 saturated carbocycles. The van der Waals surface area contributed by atoms with E-state index in [4.69, 9.17) is 0 Å². The van der Waals surface area contributed by atoms with Gasteiger partial charge in [0.2, 0.25) is 5.91 Å². The van der Waals surface area contributed by atoms with Gasteiger partial charge in [0.05, 0.1) is 0 Å². The minimum absolute atomic E-state index is 0.0729. The molecular formula is C17H28N4O. The Balaban J connectivity index is 1.65. The van der Waals surface area contributed by atoms with Gasteiger partial charge in [-0.15, -0.1) is 0 Å². The monoisotopic (exact) mass is 304 g/mol. The standard InChI is InChI=1S/C17H28N4O/c1-13-3-5-14(6-4-13)11-16(22)21-10-7-18-12-15(21)17-19-8-9-20(17)2/h8-9,13-15,18H,3-7,10-12H2,1-2H3. The Bertz CT molecular complexity index is 505. The van der Waals surface area contributed by atoms with Crippen molar-refractivity contribution in [2.75, 3.05) is 19.6 Å². The zero-order valence-electron chi connectivity index (χ0n) is 13.8. The van der Waals surface area contributed by atoms with E-state index in [1.54, 1.807) is 0 Å². The molecule has 1 aliphatic carbocycles. The van der Waals surface area contributed by atoms with Gasteiger partial charge in [0.1, 0.15) is 11.9 Å². The van der Waals surface area contributed by atoms with Crippen molar-refractivity contribution in [2.24, 2.45) is 18.9 Å². The van der Waals surface area contributed by atoms with E-state index in [1.165, 1.54) is 25.7 Å². The SMILES string of the molecule is CC1CCC(CC(=O)N2CCNCC2c2nccn2C)CC1. The minimum Gasteiger partial charge on any atom is -0.336 e. The molecule has 122 valence electrons. The van der Waals surface area contributed by atoms with E-state index in [-0.39, 0.29) is 6.04 Å². The summed E-state index contributed by atoms with van der Waals surface area (Å²) in [6.07, 6.45) is 9.47. The number of carbonyl (C=O) groups is 1. The maximum atomic E-state index is 12.8. The van der Waals surface area contributed by atoms with Gasteiger partial charge in [-0.05, 0) is 24.7 Å². The first kappa shape index (κ1) is 15.5. The topological polar surface area (TPSA) is 50.2 Å². The number of hydrogen-bond acceptors (Lipinski definition) is 3. The van der Waals surface area contributed by atoms with Crippen LogP contribution >= 0.6 is 0 Å². The quantitative estimate of drug-likeness (QED) is 0.930.